The normalized spacial score (nSPS) is 16.5. The Balaban J connectivity index is 1.89. The summed E-state index contributed by atoms with van der Waals surface area (Å²) in [6.07, 6.45) is 1.60. The molecule has 0 aromatic carbocycles. The summed E-state index contributed by atoms with van der Waals surface area (Å²) >= 11 is 6.03. The summed E-state index contributed by atoms with van der Waals surface area (Å²) in [5, 5.41) is 7.42. The largest absolute Gasteiger partial charge is 0.381 e. The first-order chi connectivity index (χ1) is 9.22. The molecule has 0 saturated carbocycles. The van der Waals surface area contributed by atoms with Gasteiger partial charge in [-0.1, -0.05) is 11.6 Å². The number of ether oxygens (including phenoxy) is 1. The van der Waals surface area contributed by atoms with Gasteiger partial charge in [-0.05, 0) is 6.92 Å². The zero-order chi connectivity index (χ0) is 13.7. The molecule has 19 heavy (non-hydrogen) atoms. The van der Waals surface area contributed by atoms with Gasteiger partial charge >= 0.3 is 0 Å². The molecule has 2 heterocycles. The van der Waals surface area contributed by atoms with Crippen LogP contribution in [-0.4, -0.2) is 54.1 Å². The maximum absolute atomic E-state index is 11.8. The highest BCUT2D eigenvalue weighted by molar-refractivity contribution is 6.32. The van der Waals surface area contributed by atoms with Gasteiger partial charge in [0.1, 0.15) is 5.02 Å². The van der Waals surface area contributed by atoms with Gasteiger partial charge in [0.25, 0.3) is 5.56 Å². The lowest BCUT2D eigenvalue weighted by molar-refractivity contribution is 0.0398. The summed E-state index contributed by atoms with van der Waals surface area (Å²) < 4.78 is 6.63. The maximum Gasteiger partial charge on any atom is 0.287 e. The Bertz CT molecular complexity index is 471. The van der Waals surface area contributed by atoms with Crippen LogP contribution in [0.1, 0.15) is 6.92 Å². The molecule has 6 nitrogen and oxygen atoms in total. The van der Waals surface area contributed by atoms with Crippen LogP contribution in [0, 0.1) is 0 Å². The van der Waals surface area contributed by atoms with Gasteiger partial charge in [-0.15, -0.1) is 0 Å². The van der Waals surface area contributed by atoms with E-state index in [2.05, 4.69) is 15.3 Å². The quantitative estimate of drug-likeness (QED) is 0.862. The van der Waals surface area contributed by atoms with Crippen molar-refractivity contribution in [1.82, 2.24) is 14.7 Å². The van der Waals surface area contributed by atoms with E-state index in [9.17, 15) is 4.79 Å². The third-order valence-corrected chi connectivity index (χ3v) is 3.50. The number of nitrogens with zero attached hydrogens (tertiary/aromatic N) is 3. The Hall–Kier alpha value is -1.11. The van der Waals surface area contributed by atoms with Crippen LogP contribution in [0.3, 0.4) is 0 Å². The average molecular weight is 287 g/mol. The standard InChI is InChI=1S/C12H19ClN4O2/c1-2-17-12(18)11(13)10(9-15-17)14-3-4-16-5-7-19-8-6-16/h9,14H,2-8H2,1H3. The van der Waals surface area contributed by atoms with Gasteiger partial charge in [-0.25, -0.2) is 4.68 Å². The van der Waals surface area contributed by atoms with Gasteiger partial charge in [-0.2, -0.15) is 5.10 Å². The molecular weight excluding hydrogens is 268 g/mol. The van der Waals surface area contributed by atoms with Crippen molar-refractivity contribution < 1.29 is 4.74 Å². The van der Waals surface area contributed by atoms with Gasteiger partial charge in [0.15, 0.2) is 0 Å². The molecule has 1 saturated heterocycles. The highest BCUT2D eigenvalue weighted by Crippen LogP contribution is 2.14. The minimum Gasteiger partial charge on any atom is -0.381 e. The van der Waals surface area contributed by atoms with Gasteiger partial charge in [0.05, 0.1) is 25.1 Å². The second kappa shape index (κ2) is 6.88. The highest BCUT2D eigenvalue weighted by atomic mass is 35.5. The number of rotatable bonds is 5. The number of aryl methyl sites for hydroxylation is 1. The van der Waals surface area contributed by atoms with E-state index in [1.807, 2.05) is 6.92 Å². The summed E-state index contributed by atoms with van der Waals surface area (Å²) in [7, 11) is 0. The summed E-state index contributed by atoms with van der Waals surface area (Å²) in [5.41, 5.74) is 0.352. The van der Waals surface area contributed by atoms with Gasteiger partial charge in [0, 0.05) is 32.7 Å². The maximum atomic E-state index is 11.8. The van der Waals surface area contributed by atoms with E-state index < -0.39 is 0 Å². The minimum atomic E-state index is -0.250. The Morgan fingerprint density at radius 1 is 1.47 bits per heavy atom. The molecule has 1 fully saturated rings. The second-order valence-corrected chi connectivity index (χ2v) is 4.75. The van der Waals surface area contributed by atoms with E-state index >= 15 is 0 Å². The lowest BCUT2D eigenvalue weighted by atomic mass is 10.4. The first-order valence-electron chi connectivity index (χ1n) is 6.52. The van der Waals surface area contributed by atoms with E-state index in [1.165, 1.54) is 4.68 Å². The number of aromatic nitrogens is 2. The fraction of sp³-hybridized carbons (Fsp3) is 0.667. The van der Waals surface area contributed by atoms with Gasteiger partial charge in [-0.3, -0.25) is 9.69 Å². The Labute approximate surface area is 117 Å². The van der Waals surface area contributed by atoms with E-state index in [4.69, 9.17) is 16.3 Å². The fourth-order valence-electron chi connectivity index (χ4n) is 1.99. The SMILES string of the molecule is CCn1ncc(NCCN2CCOCC2)c(Cl)c1=O. The molecule has 0 bridgehead atoms. The van der Waals surface area contributed by atoms with E-state index in [0.29, 0.717) is 12.2 Å². The molecule has 7 heteroatoms. The van der Waals surface area contributed by atoms with E-state index in [-0.39, 0.29) is 10.6 Å². The second-order valence-electron chi connectivity index (χ2n) is 4.37. The number of anilines is 1. The molecule has 1 aromatic heterocycles. The molecule has 106 valence electrons. The first kappa shape index (κ1) is 14.3. The molecule has 2 rings (SSSR count). The Kier molecular flexibility index (Phi) is 5.18. The predicted molar refractivity (Wildman–Crippen MR) is 74.9 cm³/mol. The van der Waals surface area contributed by atoms with Crippen molar-refractivity contribution in [2.75, 3.05) is 44.7 Å². The molecule has 0 radical (unpaired) electrons. The van der Waals surface area contributed by atoms with Crippen LogP contribution in [0.15, 0.2) is 11.0 Å². The van der Waals surface area contributed by atoms with Crippen molar-refractivity contribution in [1.29, 1.82) is 0 Å². The van der Waals surface area contributed by atoms with Crippen LogP contribution in [0.4, 0.5) is 5.69 Å². The van der Waals surface area contributed by atoms with Crippen LogP contribution < -0.4 is 10.9 Å². The summed E-state index contributed by atoms with van der Waals surface area (Å²) in [5.74, 6) is 0. The Morgan fingerprint density at radius 3 is 2.89 bits per heavy atom. The fourth-order valence-corrected chi connectivity index (χ4v) is 2.20. The molecule has 1 N–H and O–H groups in total. The third-order valence-electron chi connectivity index (χ3n) is 3.13. The average Bonchev–Trinajstić information content (AvgIpc) is 2.45. The topological polar surface area (TPSA) is 59.4 Å². The Morgan fingerprint density at radius 2 is 2.21 bits per heavy atom. The number of halogens is 1. The lowest BCUT2D eigenvalue weighted by Crippen LogP contribution is -2.39. The zero-order valence-electron chi connectivity index (χ0n) is 11.1. The monoisotopic (exact) mass is 286 g/mol. The number of hydrogen-bond acceptors (Lipinski definition) is 5. The summed E-state index contributed by atoms with van der Waals surface area (Å²) in [4.78, 5) is 14.1. The smallest absolute Gasteiger partial charge is 0.287 e. The predicted octanol–water partition coefficient (Wildman–Crippen LogP) is 0.661. The molecule has 0 aliphatic carbocycles. The third kappa shape index (κ3) is 3.68. The summed E-state index contributed by atoms with van der Waals surface area (Å²) in [6.45, 7) is 7.48. The van der Waals surface area contributed by atoms with Crippen LogP contribution >= 0.6 is 11.6 Å². The molecule has 0 spiro atoms. The molecule has 0 unspecified atom stereocenters. The van der Waals surface area contributed by atoms with Crippen molar-refractivity contribution in [2.24, 2.45) is 0 Å². The molecule has 0 atom stereocenters. The van der Waals surface area contributed by atoms with Crippen LogP contribution in [0.25, 0.3) is 0 Å². The van der Waals surface area contributed by atoms with Crippen molar-refractivity contribution in [3.05, 3.63) is 21.6 Å². The highest BCUT2D eigenvalue weighted by Gasteiger charge is 2.11. The van der Waals surface area contributed by atoms with Crippen molar-refractivity contribution in [2.45, 2.75) is 13.5 Å². The van der Waals surface area contributed by atoms with Gasteiger partial charge < -0.3 is 10.1 Å². The molecular formula is C12H19ClN4O2. The molecule has 1 aliphatic rings. The van der Waals surface area contributed by atoms with E-state index in [0.717, 1.165) is 39.4 Å². The minimum absolute atomic E-state index is 0.207. The zero-order valence-corrected chi connectivity index (χ0v) is 11.8. The van der Waals surface area contributed by atoms with Crippen molar-refractivity contribution in [3.63, 3.8) is 0 Å². The van der Waals surface area contributed by atoms with Gasteiger partial charge in [0.2, 0.25) is 0 Å². The molecule has 1 aromatic rings. The number of nitrogens with one attached hydrogen (secondary N) is 1. The molecule has 0 amide bonds. The molecule has 1 aliphatic heterocycles. The van der Waals surface area contributed by atoms with E-state index in [1.54, 1.807) is 6.20 Å². The van der Waals surface area contributed by atoms with Crippen LogP contribution in [0.2, 0.25) is 5.02 Å². The van der Waals surface area contributed by atoms with Crippen LogP contribution in [0.5, 0.6) is 0 Å². The lowest BCUT2D eigenvalue weighted by Gasteiger charge is -2.26. The van der Waals surface area contributed by atoms with Crippen molar-refractivity contribution in [3.8, 4) is 0 Å². The first-order valence-corrected chi connectivity index (χ1v) is 6.89. The number of hydrogen-bond donors (Lipinski definition) is 1. The van der Waals surface area contributed by atoms with Crippen molar-refractivity contribution >= 4 is 17.3 Å². The summed E-state index contributed by atoms with van der Waals surface area (Å²) in [6, 6.07) is 0. The van der Waals surface area contributed by atoms with Crippen LogP contribution in [-0.2, 0) is 11.3 Å². The number of morpholine rings is 1.